The summed E-state index contributed by atoms with van der Waals surface area (Å²) in [5.74, 6) is -0.117. The van der Waals surface area contributed by atoms with E-state index in [0.29, 0.717) is 12.0 Å². The van der Waals surface area contributed by atoms with E-state index in [-0.39, 0.29) is 41.9 Å². The molecule has 2 aromatic rings. The molecule has 29 heavy (non-hydrogen) atoms. The minimum Gasteiger partial charge on any atom is -0.334 e. The molecule has 7 heteroatoms. The standard InChI is InChI=1S/C22H24N2O4S/c25-20(24(16-7-1-2-8-16)17-11-12-29(27,28)14-17)13-23-19-10-4-6-15-5-3-9-18(21(15)19)22(23)26/h3-6,9-10,16-17H,1-2,7-8,11-14H2/t17-/m0/s1. The van der Waals surface area contributed by atoms with Crippen LogP contribution in [0, 0.1) is 0 Å². The summed E-state index contributed by atoms with van der Waals surface area (Å²) in [5.41, 5.74) is 1.39. The summed E-state index contributed by atoms with van der Waals surface area (Å²) in [6, 6.07) is 11.2. The topological polar surface area (TPSA) is 74.8 Å². The highest BCUT2D eigenvalue weighted by Gasteiger charge is 2.40. The van der Waals surface area contributed by atoms with E-state index in [1.165, 1.54) is 0 Å². The third-order valence-electron chi connectivity index (χ3n) is 6.55. The Hall–Kier alpha value is -2.41. The van der Waals surface area contributed by atoms with E-state index < -0.39 is 9.84 Å². The molecular weight excluding hydrogens is 388 g/mol. The van der Waals surface area contributed by atoms with Crippen molar-refractivity contribution < 1.29 is 18.0 Å². The molecule has 3 aliphatic rings. The molecule has 0 spiro atoms. The molecule has 152 valence electrons. The quantitative estimate of drug-likeness (QED) is 0.774. The van der Waals surface area contributed by atoms with Gasteiger partial charge in [-0.1, -0.05) is 37.1 Å². The van der Waals surface area contributed by atoms with E-state index in [9.17, 15) is 18.0 Å². The minimum absolute atomic E-state index is 0.0407. The summed E-state index contributed by atoms with van der Waals surface area (Å²) in [6.07, 6.45) is 4.43. The number of carbonyl (C=O) groups is 2. The molecule has 1 aliphatic carbocycles. The average molecular weight is 413 g/mol. The molecule has 0 unspecified atom stereocenters. The number of benzene rings is 2. The fourth-order valence-electron chi connectivity index (χ4n) is 5.24. The largest absolute Gasteiger partial charge is 0.334 e. The molecule has 2 amide bonds. The predicted molar refractivity (Wildman–Crippen MR) is 112 cm³/mol. The fourth-order valence-corrected chi connectivity index (χ4v) is 6.95. The average Bonchev–Trinajstić information content (AvgIpc) is 3.40. The minimum atomic E-state index is -3.09. The highest BCUT2D eigenvalue weighted by Crippen LogP contribution is 2.37. The zero-order chi connectivity index (χ0) is 20.2. The van der Waals surface area contributed by atoms with Crippen molar-refractivity contribution in [2.45, 2.75) is 44.2 Å². The van der Waals surface area contributed by atoms with Crippen molar-refractivity contribution in [2.75, 3.05) is 23.0 Å². The molecule has 2 aliphatic heterocycles. The van der Waals surface area contributed by atoms with Crippen LogP contribution >= 0.6 is 0 Å². The predicted octanol–water partition coefficient (Wildman–Crippen LogP) is 2.76. The van der Waals surface area contributed by atoms with Crippen LogP contribution in [0.25, 0.3) is 10.8 Å². The third kappa shape index (κ3) is 3.12. The zero-order valence-electron chi connectivity index (χ0n) is 16.2. The Balaban J connectivity index is 1.45. The van der Waals surface area contributed by atoms with E-state index in [2.05, 4.69) is 0 Å². The number of anilines is 1. The van der Waals surface area contributed by atoms with Gasteiger partial charge in [0.1, 0.15) is 6.54 Å². The lowest BCUT2D eigenvalue weighted by Gasteiger charge is -2.35. The number of rotatable bonds is 4. The molecule has 0 aromatic heterocycles. The van der Waals surface area contributed by atoms with E-state index in [1.54, 1.807) is 11.0 Å². The maximum absolute atomic E-state index is 13.4. The SMILES string of the molecule is O=C1c2cccc3cccc(c23)N1CC(=O)N(C1CCCC1)[C@H]1CCS(=O)(=O)C1. The van der Waals surface area contributed by atoms with Crippen molar-refractivity contribution in [1.29, 1.82) is 0 Å². The van der Waals surface area contributed by atoms with Gasteiger partial charge in [-0.25, -0.2) is 8.42 Å². The third-order valence-corrected chi connectivity index (χ3v) is 8.30. The second-order valence-electron chi connectivity index (χ2n) is 8.37. The van der Waals surface area contributed by atoms with Crippen molar-refractivity contribution in [3.63, 3.8) is 0 Å². The van der Waals surface area contributed by atoms with Gasteiger partial charge in [-0.15, -0.1) is 0 Å². The van der Waals surface area contributed by atoms with Gasteiger partial charge in [0.15, 0.2) is 9.84 Å². The summed E-state index contributed by atoms with van der Waals surface area (Å²) in [4.78, 5) is 29.9. The normalized spacial score (nSPS) is 23.2. The molecule has 6 nitrogen and oxygen atoms in total. The summed E-state index contributed by atoms with van der Waals surface area (Å²) >= 11 is 0. The highest BCUT2D eigenvalue weighted by atomic mass is 32.2. The van der Waals surface area contributed by atoms with Gasteiger partial charge >= 0.3 is 0 Å². The van der Waals surface area contributed by atoms with Gasteiger partial charge in [0.05, 0.1) is 17.2 Å². The fraction of sp³-hybridized carbons (Fsp3) is 0.455. The molecule has 2 aromatic carbocycles. The van der Waals surface area contributed by atoms with Crippen molar-refractivity contribution >= 4 is 38.1 Å². The smallest absolute Gasteiger partial charge is 0.259 e. The molecular formula is C22H24N2O4S. The van der Waals surface area contributed by atoms with Crippen LogP contribution in [0.1, 0.15) is 42.5 Å². The van der Waals surface area contributed by atoms with Crippen LogP contribution in [-0.2, 0) is 14.6 Å². The second kappa shape index (κ2) is 6.83. The molecule has 1 saturated carbocycles. The molecule has 2 heterocycles. The molecule has 2 fully saturated rings. The van der Waals surface area contributed by atoms with Gasteiger partial charge in [0.2, 0.25) is 5.91 Å². The Morgan fingerprint density at radius 2 is 1.76 bits per heavy atom. The lowest BCUT2D eigenvalue weighted by molar-refractivity contribution is -0.134. The molecule has 5 rings (SSSR count). The van der Waals surface area contributed by atoms with Crippen LogP contribution in [0.3, 0.4) is 0 Å². The van der Waals surface area contributed by atoms with Crippen LogP contribution in [0.5, 0.6) is 0 Å². The van der Waals surface area contributed by atoms with Gasteiger partial charge in [0.25, 0.3) is 5.91 Å². The lowest BCUT2D eigenvalue weighted by atomic mass is 10.1. The zero-order valence-corrected chi connectivity index (χ0v) is 17.0. The number of hydrogen-bond donors (Lipinski definition) is 0. The first-order valence-corrected chi connectivity index (χ1v) is 12.1. The number of sulfone groups is 1. The Labute approximate surface area is 170 Å². The molecule has 0 radical (unpaired) electrons. The number of carbonyl (C=O) groups excluding carboxylic acids is 2. The maximum Gasteiger partial charge on any atom is 0.259 e. The number of hydrogen-bond acceptors (Lipinski definition) is 4. The van der Waals surface area contributed by atoms with Gasteiger partial charge in [-0.3, -0.25) is 14.5 Å². The van der Waals surface area contributed by atoms with Crippen LogP contribution in [0.4, 0.5) is 5.69 Å². The Morgan fingerprint density at radius 3 is 2.45 bits per heavy atom. The van der Waals surface area contributed by atoms with Gasteiger partial charge < -0.3 is 4.90 Å². The van der Waals surface area contributed by atoms with Gasteiger partial charge in [-0.05, 0) is 36.8 Å². The number of amides is 2. The molecule has 1 saturated heterocycles. The molecule has 0 bridgehead atoms. The second-order valence-corrected chi connectivity index (χ2v) is 10.6. The summed E-state index contributed by atoms with van der Waals surface area (Å²) < 4.78 is 24.1. The van der Waals surface area contributed by atoms with Crippen molar-refractivity contribution in [3.05, 3.63) is 42.0 Å². The monoisotopic (exact) mass is 412 g/mol. The lowest BCUT2D eigenvalue weighted by Crippen LogP contribution is -2.51. The maximum atomic E-state index is 13.4. The molecule has 1 atom stereocenters. The van der Waals surface area contributed by atoms with Crippen LogP contribution < -0.4 is 4.90 Å². The Morgan fingerprint density at radius 1 is 1.03 bits per heavy atom. The number of nitrogens with zero attached hydrogens (tertiary/aromatic N) is 2. The summed E-state index contributed by atoms with van der Waals surface area (Å²) in [5, 5.41) is 1.88. The van der Waals surface area contributed by atoms with Crippen LogP contribution in [0.15, 0.2) is 36.4 Å². The first-order chi connectivity index (χ1) is 13.9. The first-order valence-electron chi connectivity index (χ1n) is 10.3. The van der Waals surface area contributed by atoms with E-state index in [4.69, 9.17) is 0 Å². The van der Waals surface area contributed by atoms with Crippen LogP contribution in [0.2, 0.25) is 0 Å². The van der Waals surface area contributed by atoms with Gasteiger partial charge in [-0.2, -0.15) is 0 Å². The van der Waals surface area contributed by atoms with Gasteiger partial charge in [0, 0.05) is 23.0 Å². The van der Waals surface area contributed by atoms with Crippen LogP contribution in [-0.4, -0.2) is 55.3 Å². The summed E-state index contributed by atoms with van der Waals surface area (Å²) in [6.45, 7) is -0.0420. The van der Waals surface area contributed by atoms with E-state index >= 15 is 0 Å². The van der Waals surface area contributed by atoms with Crippen molar-refractivity contribution in [2.24, 2.45) is 0 Å². The summed E-state index contributed by atoms with van der Waals surface area (Å²) in [7, 11) is -3.09. The Kier molecular flexibility index (Phi) is 4.38. The van der Waals surface area contributed by atoms with E-state index in [1.807, 2.05) is 35.2 Å². The Bertz CT molecular complexity index is 1100. The van der Waals surface area contributed by atoms with Crippen molar-refractivity contribution in [1.82, 2.24) is 4.90 Å². The molecule has 0 N–H and O–H groups in total. The highest BCUT2D eigenvalue weighted by molar-refractivity contribution is 7.91. The van der Waals surface area contributed by atoms with E-state index in [0.717, 1.165) is 42.1 Å². The first kappa shape index (κ1) is 18.6. The van der Waals surface area contributed by atoms with Crippen molar-refractivity contribution in [3.8, 4) is 0 Å².